The van der Waals surface area contributed by atoms with E-state index in [1.54, 1.807) is 39.0 Å². The van der Waals surface area contributed by atoms with Gasteiger partial charge in [-0.05, 0) is 77.1 Å². The molecule has 5 N–H and O–H groups in total. The normalized spacial score (nSPS) is 12.3. The monoisotopic (exact) mass is 393 g/mol. The average molecular weight is 394 g/mol. The smallest absolute Gasteiger partial charge is 0.408 e. The number of alkyl carbamates (subject to hydrolysis) is 1. The molecule has 0 aliphatic carbocycles. The van der Waals surface area contributed by atoms with Gasteiger partial charge < -0.3 is 26.2 Å². The Balaban J connectivity index is 2.57. The van der Waals surface area contributed by atoms with Gasteiger partial charge in [0.2, 0.25) is 5.91 Å². The summed E-state index contributed by atoms with van der Waals surface area (Å²) in [5.74, 6) is 0.00525. The van der Waals surface area contributed by atoms with E-state index in [1.807, 2.05) is 6.07 Å². The molecule has 0 bridgehead atoms. The van der Waals surface area contributed by atoms with Crippen molar-refractivity contribution < 1.29 is 19.4 Å². The Morgan fingerprint density at radius 3 is 2.57 bits per heavy atom. The van der Waals surface area contributed by atoms with Crippen LogP contribution in [0.1, 0.15) is 58.4 Å². The van der Waals surface area contributed by atoms with E-state index < -0.39 is 17.7 Å². The number of nitrogens with one attached hydrogen (secondary N) is 2. The molecule has 0 saturated heterocycles. The fraction of sp³-hybridized carbons (Fsp3) is 0.619. The number of carbonyl (C=O) groups is 2. The Bertz CT molecular complexity index is 614. The third-order valence-corrected chi connectivity index (χ3v) is 4.06. The lowest BCUT2D eigenvalue weighted by Crippen LogP contribution is -2.48. The molecule has 0 fully saturated rings. The number of aryl methyl sites for hydroxylation is 1. The zero-order valence-corrected chi connectivity index (χ0v) is 17.3. The van der Waals surface area contributed by atoms with Crippen LogP contribution >= 0.6 is 0 Å². The quantitative estimate of drug-likeness (QED) is 0.432. The molecular weight excluding hydrogens is 358 g/mol. The first kappa shape index (κ1) is 23.8. The van der Waals surface area contributed by atoms with Gasteiger partial charge in [0, 0.05) is 6.54 Å². The van der Waals surface area contributed by atoms with Gasteiger partial charge in [-0.15, -0.1) is 0 Å². The highest BCUT2D eigenvalue weighted by atomic mass is 16.6. The third-order valence-electron chi connectivity index (χ3n) is 4.06. The summed E-state index contributed by atoms with van der Waals surface area (Å²) in [6.45, 7) is 6.53. The van der Waals surface area contributed by atoms with Crippen molar-refractivity contribution in [2.45, 2.75) is 70.9 Å². The summed E-state index contributed by atoms with van der Waals surface area (Å²) in [6.07, 6.45) is 4.00. The number of aromatic hydroxyl groups is 1. The number of phenols is 1. The van der Waals surface area contributed by atoms with Crippen LogP contribution in [0.25, 0.3) is 0 Å². The van der Waals surface area contributed by atoms with Crippen LogP contribution in [0.4, 0.5) is 4.79 Å². The van der Waals surface area contributed by atoms with Crippen LogP contribution in [-0.2, 0) is 16.0 Å². The lowest BCUT2D eigenvalue weighted by molar-refractivity contribution is -0.123. The minimum atomic E-state index is -0.665. The molecule has 1 aromatic rings. The van der Waals surface area contributed by atoms with Crippen LogP contribution in [0.5, 0.6) is 5.75 Å². The first-order valence-corrected chi connectivity index (χ1v) is 9.96. The summed E-state index contributed by atoms with van der Waals surface area (Å²) in [7, 11) is 0. The van der Waals surface area contributed by atoms with Crippen molar-refractivity contribution in [3.8, 4) is 5.75 Å². The standard InChI is InChI=1S/C21H35N3O4/c1-21(2,3)28-20(27)24-18(19(26)23-14-6-4-5-13-22)12-8-10-16-9-7-11-17(25)15-16/h7,9,11,15,18,25H,4-6,8,10,12-14,22H2,1-3H3,(H,23,26)(H,24,27). The van der Waals surface area contributed by atoms with Gasteiger partial charge >= 0.3 is 6.09 Å². The summed E-state index contributed by atoms with van der Waals surface area (Å²) >= 11 is 0. The first-order chi connectivity index (χ1) is 13.2. The highest BCUT2D eigenvalue weighted by molar-refractivity contribution is 5.85. The lowest BCUT2D eigenvalue weighted by Gasteiger charge is -2.23. The van der Waals surface area contributed by atoms with E-state index in [-0.39, 0.29) is 11.7 Å². The van der Waals surface area contributed by atoms with Crippen molar-refractivity contribution in [2.75, 3.05) is 13.1 Å². The van der Waals surface area contributed by atoms with E-state index in [1.165, 1.54) is 0 Å². The molecule has 0 aromatic heterocycles. The van der Waals surface area contributed by atoms with Gasteiger partial charge in [-0.3, -0.25) is 4.79 Å². The SMILES string of the molecule is CC(C)(C)OC(=O)NC(CCCc1cccc(O)c1)C(=O)NCCCCCN. The van der Waals surface area contributed by atoms with Gasteiger partial charge in [-0.1, -0.05) is 18.6 Å². The molecule has 28 heavy (non-hydrogen) atoms. The number of amides is 2. The predicted molar refractivity (Wildman–Crippen MR) is 110 cm³/mol. The van der Waals surface area contributed by atoms with Crippen molar-refractivity contribution in [1.29, 1.82) is 0 Å². The van der Waals surface area contributed by atoms with E-state index in [0.29, 0.717) is 32.4 Å². The van der Waals surface area contributed by atoms with Gasteiger partial charge in [0.1, 0.15) is 17.4 Å². The maximum absolute atomic E-state index is 12.5. The number of unbranched alkanes of at least 4 members (excludes halogenated alkanes) is 2. The maximum Gasteiger partial charge on any atom is 0.408 e. The number of phenolic OH excluding ortho intramolecular Hbond substituents is 1. The minimum absolute atomic E-state index is 0.213. The Morgan fingerprint density at radius 1 is 1.18 bits per heavy atom. The molecule has 0 heterocycles. The van der Waals surface area contributed by atoms with E-state index in [0.717, 1.165) is 24.8 Å². The molecule has 0 saturated carbocycles. The highest BCUT2D eigenvalue weighted by Crippen LogP contribution is 2.14. The average Bonchev–Trinajstić information content (AvgIpc) is 2.59. The molecule has 158 valence electrons. The third kappa shape index (κ3) is 10.8. The topological polar surface area (TPSA) is 114 Å². The van der Waals surface area contributed by atoms with Gasteiger partial charge in [0.05, 0.1) is 0 Å². The molecule has 1 unspecified atom stereocenters. The minimum Gasteiger partial charge on any atom is -0.508 e. The van der Waals surface area contributed by atoms with Gasteiger partial charge in [0.25, 0.3) is 0 Å². The number of ether oxygens (including phenoxy) is 1. The van der Waals surface area contributed by atoms with Crippen LogP contribution in [-0.4, -0.2) is 41.8 Å². The summed E-state index contributed by atoms with van der Waals surface area (Å²) in [5.41, 5.74) is 5.83. The van der Waals surface area contributed by atoms with Crippen molar-refractivity contribution in [1.82, 2.24) is 10.6 Å². The zero-order valence-electron chi connectivity index (χ0n) is 17.3. The molecular formula is C21H35N3O4. The summed E-state index contributed by atoms with van der Waals surface area (Å²) in [5, 5.41) is 15.1. The van der Waals surface area contributed by atoms with Crippen LogP contribution in [0, 0.1) is 0 Å². The van der Waals surface area contributed by atoms with E-state index in [4.69, 9.17) is 10.5 Å². The lowest BCUT2D eigenvalue weighted by atomic mass is 10.0. The number of rotatable bonds is 11. The molecule has 7 heteroatoms. The Morgan fingerprint density at radius 2 is 1.93 bits per heavy atom. The fourth-order valence-electron chi connectivity index (χ4n) is 2.72. The first-order valence-electron chi connectivity index (χ1n) is 9.96. The largest absolute Gasteiger partial charge is 0.508 e. The van der Waals surface area contributed by atoms with Crippen molar-refractivity contribution in [2.24, 2.45) is 5.73 Å². The molecule has 7 nitrogen and oxygen atoms in total. The van der Waals surface area contributed by atoms with Crippen molar-refractivity contribution in [3.05, 3.63) is 29.8 Å². The van der Waals surface area contributed by atoms with E-state index >= 15 is 0 Å². The predicted octanol–water partition coefficient (Wildman–Crippen LogP) is 2.85. The summed E-state index contributed by atoms with van der Waals surface area (Å²) in [4.78, 5) is 24.6. The van der Waals surface area contributed by atoms with E-state index in [9.17, 15) is 14.7 Å². The second kappa shape index (κ2) is 12.2. The molecule has 1 aromatic carbocycles. The molecule has 1 rings (SSSR count). The second-order valence-corrected chi connectivity index (χ2v) is 7.90. The highest BCUT2D eigenvalue weighted by Gasteiger charge is 2.23. The Labute approximate surface area is 168 Å². The maximum atomic E-state index is 12.5. The second-order valence-electron chi connectivity index (χ2n) is 7.90. The number of hydrogen-bond acceptors (Lipinski definition) is 5. The molecule has 2 amide bonds. The number of benzene rings is 1. The molecule has 1 atom stereocenters. The summed E-state index contributed by atoms with van der Waals surface area (Å²) < 4.78 is 5.28. The Hall–Kier alpha value is -2.28. The molecule has 0 spiro atoms. The van der Waals surface area contributed by atoms with Crippen LogP contribution < -0.4 is 16.4 Å². The van der Waals surface area contributed by atoms with Crippen molar-refractivity contribution >= 4 is 12.0 Å². The van der Waals surface area contributed by atoms with Gasteiger partial charge in [-0.2, -0.15) is 0 Å². The van der Waals surface area contributed by atoms with Crippen LogP contribution in [0.2, 0.25) is 0 Å². The van der Waals surface area contributed by atoms with Gasteiger partial charge in [-0.25, -0.2) is 4.79 Å². The molecule has 0 radical (unpaired) electrons. The number of hydrogen-bond donors (Lipinski definition) is 4. The molecule has 0 aliphatic heterocycles. The fourth-order valence-corrected chi connectivity index (χ4v) is 2.72. The number of carbonyl (C=O) groups excluding carboxylic acids is 2. The molecule has 0 aliphatic rings. The summed E-state index contributed by atoms with van der Waals surface area (Å²) in [6, 6.07) is 6.37. The zero-order chi connectivity index (χ0) is 21.0. The van der Waals surface area contributed by atoms with Crippen LogP contribution in [0.15, 0.2) is 24.3 Å². The Kier molecular flexibility index (Phi) is 10.4. The van der Waals surface area contributed by atoms with Crippen LogP contribution in [0.3, 0.4) is 0 Å². The van der Waals surface area contributed by atoms with E-state index in [2.05, 4.69) is 10.6 Å². The van der Waals surface area contributed by atoms with Gasteiger partial charge in [0.15, 0.2) is 0 Å². The van der Waals surface area contributed by atoms with Crippen molar-refractivity contribution in [3.63, 3.8) is 0 Å². The number of nitrogens with two attached hydrogens (primary N) is 1.